The highest BCUT2D eigenvalue weighted by atomic mass is 16.3. The lowest BCUT2D eigenvalue weighted by molar-refractivity contribution is -0.0857. The molecule has 1 nitrogen and oxygen atoms in total. The van der Waals surface area contributed by atoms with Crippen LogP contribution in [0, 0.1) is 10.8 Å². The third kappa shape index (κ3) is 1.52. The molecule has 0 heterocycles. The van der Waals surface area contributed by atoms with Crippen molar-refractivity contribution in [2.24, 2.45) is 10.8 Å². The summed E-state index contributed by atoms with van der Waals surface area (Å²) in [6, 6.07) is 0. The van der Waals surface area contributed by atoms with E-state index in [1.807, 2.05) is 0 Å². The quantitative estimate of drug-likeness (QED) is 0.641. The van der Waals surface area contributed by atoms with Crippen LogP contribution in [0.2, 0.25) is 0 Å². The van der Waals surface area contributed by atoms with Gasteiger partial charge in [0, 0.05) is 0 Å². The Morgan fingerprint density at radius 3 is 2.25 bits per heavy atom. The Bertz CT molecular complexity index is 162. The molecule has 1 N–H and O–H groups in total. The minimum atomic E-state index is -0.122. The number of hydrogen-bond acceptors (Lipinski definition) is 1. The molecule has 0 aromatic heterocycles. The number of aliphatic hydroxyl groups is 1. The van der Waals surface area contributed by atoms with E-state index in [0.717, 1.165) is 6.42 Å². The van der Waals surface area contributed by atoms with Gasteiger partial charge in [0.1, 0.15) is 0 Å². The highest BCUT2D eigenvalue weighted by Gasteiger charge is 2.44. The first-order chi connectivity index (χ1) is 5.42. The zero-order valence-electron chi connectivity index (χ0n) is 8.85. The van der Waals surface area contributed by atoms with Gasteiger partial charge in [0.2, 0.25) is 0 Å². The SMILES string of the molecule is CCC1(C)CCCC(C)(C)C1O. The highest BCUT2D eigenvalue weighted by Crippen LogP contribution is 2.47. The zero-order valence-corrected chi connectivity index (χ0v) is 8.85. The van der Waals surface area contributed by atoms with E-state index in [2.05, 4.69) is 27.7 Å². The van der Waals surface area contributed by atoms with E-state index in [1.165, 1.54) is 19.3 Å². The molecule has 1 heteroatoms. The van der Waals surface area contributed by atoms with Gasteiger partial charge >= 0.3 is 0 Å². The minimum absolute atomic E-state index is 0.122. The summed E-state index contributed by atoms with van der Waals surface area (Å²) in [5.74, 6) is 0. The van der Waals surface area contributed by atoms with Crippen molar-refractivity contribution in [3.63, 3.8) is 0 Å². The lowest BCUT2D eigenvalue weighted by Gasteiger charge is -2.47. The normalized spacial score (nSPS) is 41.2. The first kappa shape index (κ1) is 10.0. The Morgan fingerprint density at radius 2 is 1.83 bits per heavy atom. The van der Waals surface area contributed by atoms with Crippen LogP contribution in [-0.4, -0.2) is 11.2 Å². The van der Waals surface area contributed by atoms with Gasteiger partial charge in [-0.15, -0.1) is 0 Å². The van der Waals surface area contributed by atoms with Gasteiger partial charge in [-0.3, -0.25) is 0 Å². The van der Waals surface area contributed by atoms with E-state index in [4.69, 9.17) is 0 Å². The van der Waals surface area contributed by atoms with Gasteiger partial charge in [-0.2, -0.15) is 0 Å². The standard InChI is InChI=1S/C11H22O/c1-5-11(4)8-6-7-10(2,3)9(11)12/h9,12H,5-8H2,1-4H3. The summed E-state index contributed by atoms with van der Waals surface area (Å²) in [5.41, 5.74) is 0.296. The fraction of sp³-hybridized carbons (Fsp3) is 1.00. The zero-order chi connectivity index (χ0) is 9.41. The monoisotopic (exact) mass is 170 g/mol. The van der Waals surface area contributed by atoms with E-state index in [-0.39, 0.29) is 16.9 Å². The van der Waals surface area contributed by atoms with Crippen molar-refractivity contribution in [2.75, 3.05) is 0 Å². The topological polar surface area (TPSA) is 20.2 Å². The summed E-state index contributed by atoms with van der Waals surface area (Å²) in [5, 5.41) is 10.2. The molecule has 0 amide bonds. The molecule has 1 fully saturated rings. The molecule has 0 bridgehead atoms. The van der Waals surface area contributed by atoms with Crippen LogP contribution in [0.4, 0.5) is 0 Å². The molecule has 0 aromatic carbocycles. The van der Waals surface area contributed by atoms with Crippen molar-refractivity contribution in [1.29, 1.82) is 0 Å². The van der Waals surface area contributed by atoms with Crippen molar-refractivity contribution < 1.29 is 5.11 Å². The smallest absolute Gasteiger partial charge is 0.0644 e. The molecule has 2 unspecified atom stereocenters. The first-order valence-corrected chi connectivity index (χ1v) is 5.10. The molecular weight excluding hydrogens is 148 g/mol. The third-order valence-electron chi connectivity index (χ3n) is 3.78. The van der Waals surface area contributed by atoms with Crippen LogP contribution in [-0.2, 0) is 0 Å². The molecule has 1 aliphatic carbocycles. The van der Waals surface area contributed by atoms with Crippen LogP contribution in [0.1, 0.15) is 53.4 Å². The lowest BCUT2D eigenvalue weighted by atomic mass is 9.61. The number of hydrogen-bond donors (Lipinski definition) is 1. The van der Waals surface area contributed by atoms with Crippen LogP contribution >= 0.6 is 0 Å². The summed E-state index contributed by atoms with van der Waals surface area (Å²) < 4.78 is 0. The molecule has 1 saturated carbocycles. The third-order valence-corrected chi connectivity index (χ3v) is 3.78. The summed E-state index contributed by atoms with van der Waals surface area (Å²) in [6.07, 6.45) is 4.60. The maximum atomic E-state index is 10.2. The molecule has 12 heavy (non-hydrogen) atoms. The van der Waals surface area contributed by atoms with Crippen molar-refractivity contribution in [3.8, 4) is 0 Å². The second kappa shape index (κ2) is 3.02. The molecular formula is C11H22O. The van der Waals surface area contributed by atoms with Gasteiger partial charge in [0.15, 0.2) is 0 Å². The van der Waals surface area contributed by atoms with Gasteiger partial charge in [-0.1, -0.05) is 34.1 Å². The molecule has 2 atom stereocenters. The van der Waals surface area contributed by atoms with Gasteiger partial charge in [-0.25, -0.2) is 0 Å². The second-order valence-electron chi connectivity index (χ2n) is 5.25. The van der Waals surface area contributed by atoms with Crippen molar-refractivity contribution in [3.05, 3.63) is 0 Å². The fourth-order valence-electron chi connectivity index (χ4n) is 2.53. The van der Waals surface area contributed by atoms with E-state index in [1.54, 1.807) is 0 Å². The Kier molecular flexibility index (Phi) is 2.53. The maximum absolute atomic E-state index is 10.2. The van der Waals surface area contributed by atoms with E-state index in [0.29, 0.717) is 0 Å². The summed E-state index contributed by atoms with van der Waals surface area (Å²) in [7, 11) is 0. The Labute approximate surface area is 76.2 Å². The van der Waals surface area contributed by atoms with Gasteiger partial charge in [-0.05, 0) is 30.1 Å². The van der Waals surface area contributed by atoms with Crippen LogP contribution in [0.5, 0.6) is 0 Å². The first-order valence-electron chi connectivity index (χ1n) is 5.10. The molecule has 1 aliphatic rings. The Hall–Kier alpha value is -0.0400. The van der Waals surface area contributed by atoms with Crippen LogP contribution < -0.4 is 0 Å². The van der Waals surface area contributed by atoms with Crippen LogP contribution in [0.3, 0.4) is 0 Å². The average molecular weight is 170 g/mol. The van der Waals surface area contributed by atoms with Crippen molar-refractivity contribution >= 4 is 0 Å². The largest absolute Gasteiger partial charge is 0.392 e. The van der Waals surface area contributed by atoms with E-state index in [9.17, 15) is 5.11 Å². The Balaban J connectivity index is 2.79. The minimum Gasteiger partial charge on any atom is -0.392 e. The predicted octanol–water partition coefficient (Wildman–Crippen LogP) is 2.97. The molecule has 0 saturated heterocycles. The van der Waals surface area contributed by atoms with Gasteiger partial charge < -0.3 is 5.11 Å². The van der Waals surface area contributed by atoms with E-state index >= 15 is 0 Å². The molecule has 0 aliphatic heterocycles. The molecule has 1 rings (SSSR count). The molecule has 72 valence electrons. The lowest BCUT2D eigenvalue weighted by Crippen LogP contribution is -2.46. The summed E-state index contributed by atoms with van der Waals surface area (Å²) >= 11 is 0. The van der Waals surface area contributed by atoms with Crippen LogP contribution in [0.25, 0.3) is 0 Å². The van der Waals surface area contributed by atoms with Gasteiger partial charge in [0.25, 0.3) is 0 Å². The van der Waals surface area contributed by atoms with Gasteiger partial charge in [0.05, 0.1) is 6.10 Å². The molecule has 0 aromatic rings. The molecule has 0 spiro atoms. The Morgan fingerprint density at radius 1 is 1.25 bits per heavy atom. The number of aliphatic hydroxyl groups excluding tert-OH is 1. The van der Waals surface area contributed by atoms with E-state index < -0.39 is 0 Å². The predicted molar refractivity (Wildman–Crippen MR) is 52.0 cm³/mol. The average Bonchev–Trinajstić information content (AvgIpc) is 2.00. The van der Waals surface area contributed by atoms with Crippen molar-refractivity contribution in [1.82, 2.24) is 0 Å². The maximum Gasteiger partial charge on any atom is 0.0644 e. The fourth-order valence-corrected chi connectivity index (χ4v) is 2.53. The van der Waals surface area contributed by atoms with Crippen molar-refractivity contribution in [2.45, 2.75) is 59.5 Å². The highest BCUT2D eigenvalue weighted by molar-refractivity contribution is 4.94. The summed E-state index contributed by atoms with van der Waals surface area (Å²) in [6.45, 7) is 8.78. The van der Waals surface area contributed by atoms with Crippen LogP contribution in [0.15, 0.2) is 0 Å². The second-order valence-corrected chi connectivity index (χ2v) is 5.25. The summed E-state index contributed by atoms with van der Waals surface area (Å²) in [4.78, 5) is 0. The number of rotatable bonds is 1. The molecule has 0 radical (unpaired) electrons.